The number of carbonyl (C=O) groups excluding carboxylic acids is 1. The van der Waals surface area contributed by atoms with Crippen LogP contribution in [-0.4, -0.2) is 29.9 Å². The molecule has 0 fully saturated rings. The minimum Gasteiger partial charge on any atom is -0.378 e. The quantitative estimate of drug-likeness (QED) is 0.422. The summed E-state index contributed by atoms with van der Waals surface area (Å²) in [5.74, 6) is -0.409. The number of nitro groups is 1. The molecule has 1 amide bonds. The summed E-state index contributed by atoms with van der Waals surface area (Å²) in [6.45, 7) is 3.77. The molecule has 1 aromatic heterocycles. The van der Waals surface area contributed by atoms with Crippen LogP contribution in [0.4, 0.5) is 22.7 Å². The van der Waals surface area contributed by atoms with E-state index in [9.17, 15) is 14.9 Å². The number of carbonyl (C=O) groups is 1. The van der Waals surface area contributed by atoms with Crippen LogP contribution in [0, 0.1) is 17.0 Å². The number of rotatable bonds is 7. The van der Waals surface area contributed by atoms with Crippen molar-refractivity contribution in [1.29, 1.82) is 0 Å². The molecule has 3 aromatic rings. The molecule has 8 nitrogen and oxygen atoms in total. The molecule has 0 radical (unpaired) electrons. The van der Waals surface area contributed by atoms with Crippen molar-refractivity contribution in [2.75, 3.05) is 29.6 Å². The van der Waals surface area contributed by atoms with Gasteiger partial charge in [0.2, 0.25) is 0 Å². The van der Waals surface area contributed by atoms with E-state index in [0.717, 1.165) is 16.9 Å². The number of nitrogens with one attached hydrogen (secondary N) is 2. The Morgan fingerprint density at radius 3 is 2.45 bits per heavy atom. The number of amides is 1. The molecule has 0 aliphatic carbocycles. The summed E-state index contributed by atoms with van der Waals surface area (Å²) in [7, 11) is 3.88. The number of hydrogen-bond donors (Lipinski definition) is 2. The van der Waals surface area contributed by atoms with Gasteiger partial charge in [-0.3, -0.25) is 19.9 Å². The summed E-state index contributed by atoms with van der Waals surface area (Å²) >= 11 is 0. The van der Waals surface area contributed by atoms with Crippen LogP contribution in [0.2, 0.25) is 0 Å². The van der Waals surface area contributed by atoms with Crippen LogP contribution in [-0.2, 0) is 0 Å². The van der Waals surface area contributed by atoms with E-state index in [-0.39, 0.29) is 17.3 Å². The summed E-state index contributed by atoms with van der Waals surface area (Å²) in [6, 6.07) is 15.4. The van der Waals surface area contributed by atoms with Crippen molar-refractivity contribution in [3.05, 3.63) is 87.7 Å². The van der Waals surface area contributed by atoms with Gasteiger partial charge in [-0.05, 0) is 61.9 Å². The van der Waals surface area contributed by atoms with E-state index < -0.39 is 10.8 Å². The number of nitro benzene ring substituents is 1. The molecule has 0 saturated heterocycles. The predicted molar refractivity (Wildman–Crippen MR) is 123 cm³/mol. The number of pyridine rings is 1. The van der Waals surface area contributed by atoms with Gasteiger partial charge in [0.05, 0.1) is 16.7 Å². The van der Waals surface area contributed by atoms with Gasteiger partial charge in [-0.2, -0.15) is 0 Å². The summed E-state index contributed by atoms with van der Waals surface area (Å²) < 4.78 is 0. The van der Waals surface area contributed by atoms with Gasteiger partial charge in [-0.1, -0.05) is 6.07 Å². The standard InChI is InChI=1S/C23H25N5O3/c1-15-13-18(27(3)4)9-11-19(15)26-23(29)17-8-10-21(22(14-17)28(30)31)25-16(2)20-7-5-6-12-24-20/h5-14,16,25H,1-4H3,(H,26,29). The van der Waals surface area contributed by atoms with Crippen molar-refractivity contribution in [3.8, 4) is 0 Å². The SMILES string of the molecule is Cc1cc(N(C)C)ccc1NC(=O)c1ccc(NC(C)c2ccccn2)c([N+](=O)[O-])c1. The number of aryl methyl sites for hydroxylation is 1. The van der Waals surface area contributed by atoms with E-state index in [1.54, 1.807) is 18.3 Å². The van der Waals surface area contributed by atoms with Crippen molar-refractivity contribution in [2.24, 2.45) is 0 Å². The van der Waals surface area contributed by atoms with Crippen LogP contribution in [0.3, 0.4) is 0 Å². The molecule has 0 spiro atoms. The number of nitrogens with zero attached hydrogens (tertiary/aromatic N) is 3. The fourth-order valence-electron chi connectivity index (χ4n) is 3.15. The lowest BCUT2D eigenvalue weighted by Gasteiger charge is -2.16. The van der Waals surface area contributed by atoms with Gasteiger partial charge in [0.15, 0.2) is 0 Å². The number of anilines is 3. The highest BCUT2D eigenvalue weighted by atomic mass is 16.6. The summed E-state index contributed by atoms with van der Waals surface area (Å²) in [4.78, 5) is 30.1. The molecule has 1 atom stereocenters. The largest absolute Gasteiger partial charge is 0.378 e. The molecule has 31 heavy (non-hydrogen) atoms. The molecule has 8 heteroatoms. The van der Waals surface area contributed by atoms with E-state index in [2.05, 4.69) is 15.6 Å². The molecule has 160 valence electrons. The zero-order valence-electron chi connectivity index (χ0n) is 17.9. The first-order chi connectivity index (χ1) is 14.8. The molecular weight excluding hydrogens is 394 g/mol. The predicted octanol–water partition coefficient (Wildman–Crippen LogP) is 4.79. The van der Waals surface area contributed by atoms with E-state index >= 15 is 0 Å². The molecule has 0 bridgehead atoms. The van der Waals surface area contributed by atoms with Gasteiger partial charge in [-0.15, -0.1) is 0 Å². The summed E-state index contributed by atoms with van der Waals surface area (Å²) in [5, 5.41) is 17.6. The van der Waals surface area contributed by atoms with Crippen LogP contribution in [0.15, 0.2) is 60.8 Å². The van der Waals surface area contributed by atoms with Crippen molar-refractivity contribution in [1.82, 2.24) is 4.98 Å². The second-order valence-electron chi connectivity index (χ2n) is 7.46. The smallest absolute Gasteiger partial charge is 0.293 e. The zero-order valence-corrected chi connectivity index (χ0v) is 17.9. The second-order valence-corrected chi connectivity index (χ2v) is 7.46. The van der Waals surface area contributed by atoms with Gasteiger partial charge < -0.3 is 15.5 Å². The van der Waals surface area contributed by atoms with Crippen molar-refractivity contribution < 1.29 is 9.72 Å². The van der Waals surface area contributed by atoms with Crippen molar-refractivity contribution >= 4 is 28.7 Å². The van der Waals surface area contributed by atoms with Crippen LogP contribution in [0.1, 0.15) is 34.6 Å². The fourth-order valence-corrected chi connectivity index (χ4v) is 3.15. The molecule has 1 unspecified atom stereocenters. The maximum Gasteiger partial charge on any atom is 0.293 e. The van der Waals surface area contributed by atoms with E-state index in [4.69, 9.17) is 0 Å². The van der Waals surface area contributed by atoms with E-state index in [0.29, 0.717) is 11.4 Å². The highest BCUT2D eigenvalue weighted by Crippen LogP contribution is 2.29. The van der Waals surface area contributed by atoms with Crippen LogP contribution in [0.5, 0.6) is 0 Å². The third kappa shape index (κ3) is 5.16. The number of benzene rings is 2. The molecule has 0 aliphatic heterocycles. The molecular formula is C23H25N5O3. The van der Waals surface area contributed by atoms with Gasteiger partial charge in [0, 0.05) is 43.3 Å². The Balaban J connectivity index is 1.82. The maximum absolute atomic E-state index is 12.7. The Labute approximate surface area is 181 Å². The monoisotopic (exact) mass is 419 g/mol. The Morgan fingerprint density at radius 2 is 1.84 bits per heavy atom. The Bertz CT molecular complexity index is 1100. The normalized spacial score (nSPS) is 11.5. The highest BCUT2D eigenvalue weighted by Gasteiger charge is 2.20. The van der Waals surface area contributed by atoms with E-state index in [1.165, 1.54) is 6.07 Å². The molecule has 1 heterocycles. The maximum atomic E-state index is 12.7. The highest BCUT2D eigenvalue weighted by molar-refractivity contribution is 6.05. The zero-order chi connectivity index (χ0) is 22.5. The number of hydrogen-bond acceptors (Lipinski definition) is 6. The molecule has 3 rings (SSSR count). The van der Waals surface area contributed by atoms with Gasteiger partial charge in [0.25, 0.3) is 11.6 Å². The van der Waals surface area contributed by atoms with Crippen LogP contribution < -0.4 is 15.5 Å². The fraction of sp³-hybridized carbons (Fsp3) is 0.217. The summed E-state index contributed by atoms with van der Waals surface area (Å²) in [6.07, 6.45) is 1.67. The third-order valence-corrected chi connectivity index (χ3v) is 4.93. The summed E-state index contributed by atoms with van der Waals surface area (Å²) in [5.41, 5.74) is 3.69. The first-order valence-electron chi connectivity index (χ1n) is 9.81. The lowest BCUT2D eigenvalue weighted by molar-refractivity contribution is -0.384. The second kappa shape index (κ2) is 9.25. The Hall–Kier alpha value is -3.94. The lowest BCUT2D eigenvalue weighted by atomic mass is 10.1. The number of aromatic nitrogens is 1. The average Bonchev–Trinajstić information content (AvgIpc) is 2.75. The molecule has 0 aliphatic rings. The third-order valence-electron chi connectivity index (χ3n) is 4.93. The Kier molecular flexibility index (Phi) is 6.49. The van der Waals surface area contributed by atoms with Crippen LogP contribution >= 0.6 is 0 Å². The molecule has 2 N–H and O–H groups in total. The average molecular weight is 419 g/mol. The molecule has 0 saturated carbocycles. The minimum atomic E-state index is -0.499. The van der Waals surface area contributed by atoms with Gasteiger partial charge in [0.1, 0.15) is 5.69 Å². The lowest BCUT2D eigenvalue weighted by Crippen LogP contribution is -2.15. The van der Waals surface area contributed by atoms with Gasteiger partial charge >= 0.3 is 0 Å². The van der Waals surface area contributed by atoms with Crippen LogP contribution in [0.25, 0.3) is 0 Å². The van der Waals surface area contributed by atoms with Crippen molar-refractivity contribution in [2.45, 2.75) is 19.9 Å². The first kappa shape index (κ1) is 21.8. The topological polar surface area (TPSA) is 100 Å². The van der Waals surface area contributed by atoms with E-state index in [1.807, 2.05) is 69.2 Å². The minimum absolute atomic E-state index is 0.171. The van der Waals surface area contributed by atoms with Crippen molar-refractivity contribution in [3.63, 3.8) is 0 Å². The van der Waals surface area contributed by atoms with Gasteiger partial charge in [-0.25, -0.2) is 0 Å². The Morgan fingerprint density at radius 1 is 1.10 bits per heavy atom. The molecule has 2 aromatic carbocycles. The first-order valence-corrected chi connectivity index (χ1v) is 9.81.